The highest BCUT2D eigenvalue weighted by Gasteiger charge is 2.23. The maximum absolute atomic E-state index is 11.3. The van der Waals surface area contributed by atoms with Crippen LogP contribution in [-0.4, -0.2) is 24.0 Å². The average molecular weight is 403 g/mol. The minimum atomic E-state index is -0.342. The van der Waals surface area contributed by atoms with Crippen molar-refractivity contribution in [3.63, 3.8) is 0 Å². The fourth-order valence-corrected chi connectivity index (χ4v) is 3.48. The van der Waals surface area contributed by atoms with Crippen LogP contribution in [0, 0.1) is 0 Å². The summed E-state index contributed by atoms with van der Waals surface area (Å²) in [7, 11) is 1.41. The highest BCUT2D eigenvalue weighted by molar-refractivity contribution is 5.81. The second-order valence-corrected chi connectivity index (χ2v) is 7.69. The molecule has 0 aliphatic heterocycles. The third-order valence-electron chi connectivity index (χ3n) is 5.33. The molecule has 0 bridgehead atoms. The Morgan fingerprint density at radius 2 is 1.97 bits per heavy atom. The van der Waals surface area contributed by atoms with Crippen LogP contribution in [0.5, 0.6) is 0 Å². The number of aliphatic hydroxyl groups excluding tert-OH is 1. The molecule has 0 heterocycles. The molecule has 4 heteroatoms. The number of carbonyl (C=O) groups is 2. The Hall–Kier alpha value is -1.94. The van der Waals surface area contributed by atoms with Crippen LogP contribution >= 0.6 is 0 Å². The molecule has 0 radical (unpaired) electrons. The molecule has 1 aromatic rings. The Labute approximate surface area is 176 Å². The summed E-state index contributed by atoms with van der Waals surface area (Å²) in [5, 5.41) is 10.1. The molecular formula is C25H38O4. The van der Waals surface area contributed by atoms with Crippen LogP contribution in [0.2, 0.25) is 0 Å². The number of allylic oxidation sites excluding steroid dienone is 2. The van der Waals surface area contributed by atoms with Crippen molar-refractivity contribution in [1.82, 2.24) is 0 Å². The minimum Gasteiger partial charge on any atom is -0.469 e. The smallest absolute Gasteiger partial charge is 0.305 e. The Morgan fingerprint density at radius 1 is 1.24 bits per heavy atom. The number of carbonyl (C=O) groups excluding carboxylic acids is 2. The summed E-state index contributed by atoms with van der Waals surface area (Å²) in [5.74, 6) is 0.664. The summed E-state index contributed by atoms with van der Waals surface area (Å²) in [6.45, 7) is 4.14. The lowest BCUT2D eigenvalue weighted by atomic mass is 9.95. The number of esters is 1. The van der Waals surface area contributed by atoms with Gasteiger partial charge in [0.1, 0.15) is 5.78 Å². The predicted molar refractivity (Wildman–Crippen MR) is 118 cm³/mol. The quantitative estimate of drug-likeness (QED) is 0.294. The van der Waals surface area contributed by atoms with Gasteiger partial charge in [-0.15, -0.1) is 0 Å². The number of unbranched alkanes of at least 4 members (excludes halogenated alkanes) is 3. The number of ether oxygens (including phenoxy) is 1. The molecule has 2 rings (SSSR count). The number of methoxy groups -OCH3 is 1. The van der Waals surface area contributed by atoms with Gasteiger partial charge in [0.05, 0.1) is 13.2 Å². The topological polar surface area (TPSA) is 63.6 Å². The zero-order valence-electron chi connectivity index (χ0n) is 18.4. The van der Waals surface area contributed by atoms with E-state index in [4.69, 9.17) is 0 Å². The molecule has 4 nitrogen and oxygen atoms in total. The standard InChI is InChI=1S/C17H24O2.C8H14O2/c1-2-3-4-5-17(19)14-8-6-13(7-9-14)15-10-11-16(18)12-15;1-3-4-5-6-7-8(9)10-2/h6-9,15,17,19H,2-5,10-12H2,1H3;3-4H,5-7H2,1-2H3/b;4-3-. The summed E-state index contributed by atoms with van der Waals surface area (Å²) in [5.41, 5.74) is 2.25. The van der Waals surface area contributed by atoms with E-state index in [1.165, 1.54) is 25.5 Å². The van der Waals surface area contributed by atoms with E-state index < -0.39 is 0 Å². The molecular weight excluding hydrogens is 364 g/mol. The van der Waals surface area contributed by atoms with Crippen LogP contribution in [0.15, 0.2) is 36.4 Å². The van der Waals surface area contributed by atoms with E-state index in [1.807, 2.05) is 31.2 Å². The molecule has 162 valence electrons. The van der Waals surface area contributed by atoms with Crippen molar-refractivity contribution in [3.05, 3.63) is 47.5 Å². The molecule has 2 unspecified atom stereocenters. The minimum absolute atomic E-state index is 0.121. The van der Waals surface area contributed by atoms with Crippen molar-refractivity contribution in [2.75, 3.05) is 7.11 Å². The summed E-state index contributed by atoms with van der Waals surface area (Å²) < 4.78 is 4.47. The van der Waals surface area contributed by atoms with Crippen molar-refractivity contribution < 1.29 is 19.4 Å². The number of rotatable bonds is 10. The number of hydrogen-bond acceptors (Lipinski definition) is 4. The van der Waals surface area contributed by atoms with Crippen LogP contribution in [0.1, 0.15) is 101 Å². The second kappa shape index (κ2) is 15.0. The van der Waals surface area contributed by atoms with Crippen molar-refractivity contribution in [1.29, 1.82) is 0 Å². The van der Waals surface area contributed by atoms with Gasteiger partial charge in [0.2, 0.25) is 0 Å². The molecule has 0 saturated heterocycles. The van der Waals surface area contributed by atoms with Gasteiger partial charge in [-0.2, -0.15) is 0 Å². The van der Waals surface area contributed by atoms with Crippen molar-refractivity contribution in [2.45, 2.75) is 90.1 Å². The SMILES string of the molecule is C/C=C\CCCC(=O)OC.CCCCCC(O)c1ccc(C2CCC(=O)C2)cc1. The zero-order valence-corrected chi connectivity index (χ0v) is 18.4. The normalized spacial score (nSPS) is 17.1. The van der Waals surface area contributed by atoms with Crippen LogP contribution < -0.4 is 0 Å². The first-order chi connectivity index (χ1) is 14.0. The summed E-state index contributed by atoms with van der Waals surface area (Å²) in [6.07, 6.45) is 12.8. The first kappa shape index (κ1) is 25.1. The van der Waals surface area contributed by atoms with Crippen molar-refractivity contribution in [2.24, 2.45) is 0 Å². The molecule has 1 saturated carbocycles. The first-order valence-electron chi connectivity index (χ1n) is 11.0. The van der Waals surface area contributed by atoms with E-state index in [0.29, 0.717) is 24.5 Å². The van der Waals surface area contributed by atoms with Gasteiger partial charge in [0.25, 0.3) is 0 Å². The van der Waals surface area contributed by atoms with Crippen LogP contribution in [0.4, 0.5) is 0 Å². The van der Waals surface area contributed by atoms with E-state index in [-0.39, 0.29) is 12.1 Å². The molecule has 1 aliphatic carbocycles. The summed E-state index contributed by atoms with van der Waals surface area (Å²) in [6, 6.07) is 8.22. The van der Waals surface area contributed by atoms with Gasteiger partial charge in [0, 0.05) is 19.3 Å². The van der Waals surface area contributed by atoms with Gasteiger partial charge in [-0.25, -0.2) is 0 Å². The third-order valence-corrected chi connectivity index (χ3v) is 5.33. The van der Waals surface area contributed by atoms with Crippen LogP contribution in [0.25, 0.3) is 0 Å². The maximum Gasteiger partial charge on any atom is 0.305 e. The number of Topliss-reactive ketones (excluding diaryl/α,β-unsaturated/α-hetero) is 1. The van der Waals surface area contributed by atoms with E-state index >= 15 is 0 Å². The first-order valence-corrected chi connectivity index (χ1v) is 11.0. The lowest BCUT2D eigenvalue weighted by Crippen LogP contribution is -1.99. The Morgan fingerprint density at radius 3 is 2.52 bits per heavy atom. The molecule has 0 amide bonds. The predicted octanol–water partition coefficient (Wildman–Crippen LogP) is 6.04. The Kier molecular flexibility index (Phi) is 13.0. The molecule has 2 atom stereocenters. The summed E-state index contributed by atoms with van der Waals surface area (Å²) in [4.78, 5) is 21.8. The highest BCUT2D eigenvalue weighted by Crippen LogP contribution is 2.32. The molecule has 0 aromatic heterocycles. The lowest BCUT2D eigenvalue weighted by Gasteiger charge is -2.13. The van der Waals surface area contributed by atoms with Gasteiger partial charge in [-0.1, -0.05) is 62.6 Å². The van der Waals surface area contributed by atoms with E-state index in [1.54, 1.807) is 0 Å². The molecule has 1 aromatic carbocycles. The van der Waals surface area contributed by atoms with Crippen molar-refractivity contribution in [3.8, 4) is 0 Å². The van der Waals surface area contributed by atoms with Gasteiger partial charge >= 0.3 is 5.97 Å². The maximum atomic E-state index is 11.3. The molecule has 1 fully saturated rings. The van der Waals surface area contributed by atoms with Crippen LogP contribution in [-0.2, 0) is 14.3 Å². The zero-order chi connectivity index (χ0) is 21.5. The number of aliphatic hydroxyl groups is 1. The van der Waals surface area contributed by atoms with Gasteiger partial charge in [0.15, 0.2) is 0 Å². The van der Waals surface area contributed by atoms with Gasteiger partial charge in [-0.3, -0.25) is 9.59 Å². The molecule has 1 aliphatic rings. The van der Waals surface area contributed by atoms with Crippen molar-refractivity contribution >= 4 is 11.8 Å². The monoisotopic (exact) mass is 402 g/mol. The average Bonchev–Trinajstić information content (AvgIpc) is 3.18. The van der Waals surface area contributed by atoms with E-state index in [0.717, 1.165) is 44.1 Å². The van der Waals surface area contributed by atoms with E-state index in [2.05, 4.69) is 23.8 Å². The second-order valence-electron chi connectivity index (χ2n) is 7.69. The van der Waals surface area contributed by atoms with Crippen LogP contribution in [0.3, 0.4) is 0 Å². The Bertz CT molecular complexity index is 618. The Balaban J connectivity index is 0.000000359. The molecule has 29 heavy (non-hydrogen) atoms. The largest absolute Gasteiger partial charge is 0.469 e. The van der Waals surface area contributed by atoms with Gasteiger partial charge in [-0.05, 0) is 49.7 Å². The fourth-order valence-electron chi connectivity index (χ4n) is 3.48. The van der Waals surface area contributed by atoms with Gasteiger partial charge < -0.3 is 9.84 Å². The number of hydrogen-bond donors (Lipinski definition) is 1. The fraction of sp³-hybridized carbons (Fsp3) is 0.600. The lowest BCUT2D eigenvalue weighted by molar-refractivity contribution is -0.140. The highest BCUT2D eigenvalue weighted by atomic mass is 16.5. The molecule has 1 N–H and O–H groups in total. The molecule has 0 spiro atoms. The summed E-state index contributed by atoms with van der Waals surface area (Å²) >= 11 is 0. The van der Waals surface area contributed by atoms with E-state index in [9.17, 15) is 14.7 Å². The number of benzene rings is 1. The number of ketones is 1. The third kappa shape index (κ3) is 10.4.